The van der Waals surface area contributed by atoms with Crippen LogP contribution in [-0.2, 0) is 13.1 Å². The van der Waals surface area contributed by atoms with Crippen LogP contribution in [0.2, 0.25) is 0 Å². The Morgan fingerprint density at radius 2 is 2.08 bits per heavy atom. The molecule has 130 valence electrons. The van der Waals surface area contributed by atoms with Crippen molar-refractivity contribution in [2.75, 3.05) is 6.54 Å². The Bertz CT molecular complexity index is 886. The molecule has 1 aromatic carbocycles. The van der Waals surface area contributed by atoms with Crippen LogP contribution in [0.15, 0.2) is 47.6 Å². The molecule has 6 nitrogen and oxygen atoms in total. The molecular weight excluding hydrogens is 319 g/mol. The fraction of sp³-hybridized carbons (Fsp3) is 0.278. The predicted molar refractivity (Wildman–Crippen MR) is 95.8 cm³/mol. The summed E-state index contributed by atoms with van der Waals surface area (Å²) >= 11 is 0. The van der Waals surface area contributed by atoms with Gasteiger partial charge in [0.2, 0.25) is 0 Å². The summed E-state index contributed by atoms with van der Waals surface area (Å²) in [4.78, 5) is 4.50. The molecule has 0 unspecified atom stereocenters. The number of hydrogen-bond donors (Lipinski definition) is 2. The van der Waals surface area contributed by atoms with Gasteiger partial charge in [-0.3, -0.25) is 4.40 Å². The van der Waals surface area contributed by atoms with Crippen molar-refractivity contribution in [1.29, 1.82) is 0 Å². The van der Waals surface area contributed by atoms with Crippen LogP contribution >= 0.6 is 0 Å². The molecule has 2 heterocycles. The normalized spacial score (nSPS) is 11.7. The van der Waals surface area contributed by atoms with Gasteiger partial charge in [-0.2, -0.15) is 0 Å². The molecule has 0 aliphatic rings. The number of aryl methyl sites for hydroxylation is 1. The summed E-state index contributed by atoms with van der Waals surface area (Å²) in [6, 6.07) is 10.9. The summed E-state index contributed by atoms with van der Waals surface area (Å²) in [5.74, 6) is 1.24. The monoisotopic (exact) mass is 340 g/mol. The number of nitrogens with zero attached hydrogens (tertiary/aromatic N) is 4. The topological polar surface area (TPSA) is 66.6 Å². The summed E-state index contributed by atoms with van der Waals surface area (Å²) in [5.41, 5.74) is 2.26. The summed E-state index contributed by atoms with van der Waals surface area (Å²) in [5, 5.41) is 14.7. The van der Waals surface area contributed by atoms with Gasteiger partial charge in [-0.1, -0.05) is 18.2 Å². The Balaban J connectivity index is 1.69. The number of aromatic nitrogens is 3. The van der Waals surface area contributed by atoms with Crippen molar-refractivity contribution >= 4 is 11.6 Å². The minimum atomic E-state index is -0.208. The molecule has 0 saturated carbocycles. The van der Waals surface area contributed by atoms with Crippen LogP contribution in [0.5, 0.6) is 0 Å². The van der Waals surface area contributed by atoms with Crippen LogP contribution in [0, 0.1) is 12.7 Å². The van der Waals surface area contributed by atoms with Crippen molar-refractivity contribution in [3.63, 3.8) is 0 Å². The molecule has 0 aliphatic heterocycles. The average molecular weight is 340 g/mol. The molecule has 7 heteroatoms. The highest BCUT2D eigenvalue weighted by Gasteiger charge is 2.06. The van der Waals surface area contributed by atoms with Gasteiger partial charge in [-0.15, -0.1) is 10.2 Å². The summed E-state index contributed by atoms with van der Waals surface area (Å²) in [7, 11) is 0. The molecule has 0 radical (unpaired) electrons. The van der Waals surface area contributed by atoms with Crippen LogP contribution in [0.25, 0.3) is 5.65 Å². The Morgan fingerprint density at radius 1 is 1.20 bits per heavy atom. The molecule has 3 aromatic rings. The van der Waals surface area contributed by atoms with Crippen molar-refractivity contribution in [3.8, 4) is 0 Å². The maximum atomic E-state index is 13.6. The fourth-order valence-corrected chi connectivity index (χ4v) is 2.42. The average Bonchev–Trinajstić information content (AvgIpc) is 3.03. The second kappa shape index (κ2) is 7.74. The smallest absolute Gasteiger partial charge is 0.191 e. The van der Waals surface area contributed by atoms with E-state index in [1.165, 1.54) is 6.07 Å². The standard InChI is InChI=1S/C18H21FN6/c1-3-20-18(21-11-14-8-7-13(2)15(19)10-14)22-12-17-24-23-16-6-4-5-9-25(16)17/h4-10H,3,11-12H2,1-2H3,(H2,20,21,22). The van der Waals surface area contributed by atoms with Gasteiger partial charge in [0.1, 0.15) is 5.82 Å². The molecule has 0 spiro atoms. The number of aliphatic imine (C=N–C) groups is 1. The first kappa shape index (κ1) is 16.9. The minimum Gasteiger partial charge on any atom is -0.357 e. The fourth-order valence-electron chi connectivity index (χ4n) is 2.42. The van der Waals surface area contributed by atoms with Gasteiger partial charge < -0.3 is 10.6 Å². The molecule has 0 bridgehead atoms. The highest BCUT2D eigenvalue weighted by Crippen LogP contribution is 2.10. The molecular formula is C18H21FN6. The third-order valence-electron chi connectivity index (χ3n) is 3.80. The molecule has 0 amide bonds. The van der Waals surface area contributed by atoms with E-state index in [1.807, 2.05) is 41.8 Å². The van der Waals surface area contributed by atoms with Crippen LogP contribution in [-0.4, -0.2) is 27.1 Å². The van der Waals surface area contributed by atoms with E-state index in [0.717, 1.165) is 23.6 Å². The maximum absolute atomic E-state index is 13.6. The van der Waals surface area contributed by atoms with Gasteiger partial charge in [0, 0.05) is 12.7 Å². The number of fused-ring (bicyclic) bond motifs is 1. The van der Waals surface area contributed by atoms with Crippen LogP contribution in [0.3, 0.4) is 0 Å². The lowest BCUT2D eigenvalue weighted by atomic mass is 10.1. The zero-order chi connectivity index (χ0) is 17.6. The molecule has 2 N–H and O–H groups in total. The first-order valence-electron chi connectivity index (χ1n) is 8.23. The van der Waals surface area contributed by atoms with Gasteiger partial charge in [0.15, 0.2) is 17.4 Å². The quantitative estimate of drug-likeness (QED) is 0.553. The van der Waals surface area contributed by atoms with E-state index in [1.54, 1.807) is 13.0 Å². The molecule has 3 rings (SSSR count). The zero-order valence-electron chi connectivity index (χ0n) is 14.3. The number of hydrogen-bond acceptors (Lipinski definition) is 3. The first-order chi connectivity index (χ1) is 12.2. The van der Waals surface area contributed by atoms with E-state index in [2.05, 4.69) is 25.8 Å². The van der Waals surface area contributed by atoms with E-state index >= 15 is 0 Å². The number of pyridine rings is 1. The molecule has 0 fully saturated rings. The van der Waals surface area contributed by atoms with Crippen molar-refractivity contribution in [2.45, 2.75) is 26.9 Å². The lowest BCUT2D eigenvalue weighted by molar-refractivity contribution is 0.616. The van der Waals surface area contributed by atoms with Crippen molar-refractivity contribution in [3.05, 3.63) is 65.4 Å². The third kappa shape index (κ3) is 4.12. The highest BCUT2D eigenvalue weighted by molar-refractivity contribution is 5.79. The zero-order valence-corrected chi connectivity index (χ0v) is 14.3. The van der Waals surface area contributed by atoms with Crippen molar-refractivity contribution in [1.82, 2.24) is 25.2 Å². The van der Waals surface area contributed by atoms with Crippen molar-refractivity contribution in [2.24, 2.45) is 4.99 Å². The van der Waals surface area contributed by atoms with Crippen molar-refractivity contribution < 1.29 is 4.39 Å². The summed E-state index contributed by atoms with van der Waals surface area (Å²) < 4.78 is 15.6. The van der Waals surface area contributed by atoms with E-state index in [0.29, 0.717) is 24.6 Å². The Morgan fingerprint density at radius 3 is 2.88 bits per heavy atom. The Labute approximate surface area is 145 Å². The third-order valence-corrected chi connectivity index (χ3v) is 3.80. The number of halogens is 1. The van der Waals surface area contributed by atoms with Crippen LogP contribution in [0.4, 0.5) is 4.39 Å². The number of nitrogens with one attached hydrogen (secondary N) is 2. The molecule has 0 atom stereocenters. The second-order valence-corrected chi connectivity index (χ2v) is 5.68. The van der Waals surface area contributed by atoms with Gasteiger partial charge in [0.25, 0.3) is 0 Å². The highest BCUT2D eigenvalue weighted by atomic mass is 19.1. The molecule has 25 heavy (non-hydrogen) atoms. The Kier molecular flexibility index (Phi) is 5.23. The van der Waals surface area contributed by atoms with Gasteiger partial charge in [-0.05, 0) is 43.2 Å². The van der Waals surface area contributed by atoms with Crippen LogP contribution in [0.1, 0.15) is 23.9 Å². The lowest BCUT2D eigenvalue weighted by Crippen LogP contribution is -2.37. The number of benzene rings is 1. The number of rotatable bonds is 5. The lowest BCUT2D eigenvalue weighted by Gasteiger charge is -2.10. The van der Waals surface area contributed by atoms with Gasteiger partial charge >= 0.3 is 0 Å². The Hall–Kier alpha value is -2.96. The maximum Gasteiger partial charge on any atom is 0.191 e. The summed E-state index contributed by atoms with van der Waals surface area (Å²) in [6.45, 7) is 5.35. The van der Waals surface area contributed by atoms with E-state index < -0.39 is 0 Å². The van der Waals surface area contributed by atoms with Gasteiger partial charge in [0.05, 0.1) is 13.1 Å². The minimum absolute atomic E-state index is 0.208. The summed E-state index contributed by atoms with van der Waals surface area (Å²) in [6.07, 6.45) is 1.92. The SMILES string of the molecule is CCNC(=NCc1ccc(C)c(F)c1)NCc1nnc2ccccn12. The molecule has 0 aliphatic carbocycles. The molecule has 2 aromatic heterocycles. The number of guanidine groups is 1. The van der Waals surface area contributed by atoms with E-state index in [-0.39, 0.29) is 5.82 Å². The largest absolute Gasteiger partial charge is 0.357 e. The van der Waals surface area contributed by atoms with E-state index in [9.17, 15) is 4.39 Å². The first-order valence-corrected chi connectivity index (χ1v) is 8.23. The second-order valence-electron chi connectivity index (χ2n) is 5.68. The molecule has 0 saturated heterocycles. The van der Waals surface area contributed by atoms with Crippen LogP contribution < -0.4 is 10.6 Å². The predicted octanol–water partition coefficient (Wildman–Crippen LogP) is 2.43. The van der Waals surface area contributed by atoms with E-state index in [4.69, 9.17) is 0 Å². The van der Waals surface area contributed by atoms with Gasteiger partial charge in [-0.25, -0.2) is 9.38 Å².